The van der Waals surface area contributed by atoms with Gasteiger partial charge in [-0.05, 0) is 44.7 Å². The molecular formula is C22H28N4O4. The number of hydrogen-bond acceptors (Lipinski definition) is 6. The lowest BCUT2D eigenvalue weighted by Gasteiger charge is -2.36. The van der Waals surface area contributed by atoms with Crippen LogP contribution in [0.3, 0.4) is 0 Å². The Kier molecular flexibility index (Phi) is 6.15. The first-order valence-corrected chi connectivity index (χ1v) is 10.5. The summed E-state index contributed by atoms with van der Waals surface area (Å²) >= 11 is 0. The first-order valence-electron chi connectivity index (χ1n) is 10.5. The van der Waals surface area contributed by atoms with E-state index in [-0.39, 0.29) is 17.5 Å². The van der Waals surface area contributed by atoms with Gasteiger partial charge in [-0.25, -0.2) is 5.01 Å². The summed E-state index contributed by atoms with van der Waals surface area (Å²) in [5.41, 5.74) is 6.26. The topological polar surface area (TPSA) is 87.9 Å². The van der Waals surface area contributed by atoms with Gasteiger partial charge in [0.1, 0.15) is 6.04 Å². The van der Waals surface area contributed by atoms with E-state index in [1.165, 1.54) is 0 Å². The second kappa shape index (κ2) is 8.97. The molecule has 0 bridgehead atoms. The zero-order valence-electron chi connectivity index (χ0n) is 17.5. The molecule has 0 radical (unpaired) electrons. The van der Waals surface area contributed by atoms with E-state index in [1.807, 2.05) is 37.1 Å². The molecule has 1 N–H and O–H groups in total. The number of hydrogen-bond donors (Lipinski definition) is 1. The number of benzene rings is 1. The molecule has 8 heteroatoms. The molecule has 1 aromatic heterocycles. The lowest BCUT2D eigenvalue weighted by molar-refractivity contribution is -0.133. The summed E-state index contributed by atoms with van der Waals surface area (Å²) in [5.74, 6) is 0.145. The zero-order valence-corrected chi connectivity index (χ0v) is 17.5. The van der Waals surface area contributed by atoms with Crippen LogP contribution >= 0.6 is 0 Å². The first kappa shape index (κ1) is 20.6. The molecule has 2 saturated heterocycles. The summed E-state index contributed by atoms with van der Waals surface area (Å²) in [6.07, 6.45) is 2.43. The molecule has 2 aliphatic heterocycles. The standard InChI is InChI=1S/C22H28N4O4/c1-15-6-7-16(2)17(13-15)20-14-18(24-30-20)22(28)26-8-4-3-5-19(26)21(27)23-25-9-11-29-12-10-25/h6-7,13-14,19H,3-5,8-12H2,1-2H3,(H,23,27)/t19-/m1/s1. The van der Waals surface area contributed by atoms with Crippen LogP contribution in [0.5, 0.6) is 0 Å². The molecule has 0 spiro atoms. The van der Waals surface area contributed by atoms with Gasteiger partial charge in [0, 0.05) is 31.3 Å². The van der Waals surface area contributed by atoms with E-state index >= 15 is 0 Å². The maximum absolute atomic E-state index is 13.2. The fraction of sp³-hybridized carbons (Fsp3) is 0.500. The van der Waals surface area contributed by atoms with Gasteiger partial charge in [-0.2, -0.15) is 0 Å². The van der Waals surface area contributed by atoms with Crippen LogP contribution in [0.25, 0.3) is 11.3 Å². The predicted octanol–water partition coefficient (Wildman–Crippen LogP) is 2.32. The number of aromatic nitrogens is 1. The number of carbonyl (C=O) groups is 2. The summed E-state index contributed by atoms with van der Waals surface area (Å²) in [5, 5.41) is 5.88. The second-order valence-corrected chi connectivity index (χ2v) is 7.98. The van der Waals surface area contributed by atoms with Crippen LogP contribution in [0.2, 0.25) is 0 Å². The molecule has 1 atom stereocenters. The molecule has 160 valence electrons. The fourth-order valence-corrected chi connectivity index (χ4v) is 4.00. The Hall–Kier alpha value is -2.71. The molecule has 30 heavy (non-hydrogen) atoms. The number of carbonyl (C=O) groups excluding carboxylic acids is 2. The smallest absolute Gasteiger partial charge is 0.276 e. The number of hydrazine groups is 1. The van der Waals surface area contributed by atoms with Crippen molar-refractivity contribution in [3.8, 4) is 11.3 Å². The van der Waals surface area contributed by atoms with Crippen LogP contribution in [-0.2, 0) is 9.53 Å². The number of piperidine rings is 1. The van der Waals surface area contributed by atoms with Crippen LogP contribution in [0.15, 0.2) is 28.8 Å². The Morgan fingerprint density at radius 2 is 1.90 bits per heavy atom. The average molecular weight is 412 g/mol. The van der Waals surface area contributed by atoms with Crippen molar-refractivity contribution in [2.75, 3.05) is 32.8 Å². The molecule has 2 fully saturated rings. The van der Waals surface area contributed by atoms with E-state index in [0.29, 0.717) is 45.0 Å². The minimum atomic E-state index is -0.505. The van der Waals surface area contributed by atoms with Gasteiger partial charge in [0.25, 0.3) is 11.8 Å². The highest BCUT2D eigenvalue weighted by Crippen LogP contribution is 2.27. The van der Waals surface area contributed by atoms with E-state index in [0.717, 1.165) is 29.5 Å². The third-order valence-corrected chi connectivity index (χ3v) is 5.73. The van der Waals surface area contributed by atoms with Gasteiger partial charge >= 0.3 is 0 Å². The zero-order chi connectivity index (χ0) is 21.1. The number of nitrogens with zero attached hydrogens (tertiary/aromatic N) is 3. The maximum Gasteiger partial charge on any atom is 0.276 e. The van der Waals surface area contributed by atoms with Gasteiger partial charge in [-0.1, -0.05) is 22.9 Å². The normalized spacial score (nSPS) is 20.2. The van der Waals surface area contributed by atoms with Crippen molar-refractivity contribution in [3.63, 3.8) is 0 Å². The summed E-state index contributed by atoms with van der Waals surface area (Å²) < 4.78 is 10.8. The van der Waals surface area contributed by atoms with Gasteiger partial charge < -0.3 is 14.2 Å². The number of nitrogens with one attached hydrogen (secondary N) is 1. The van der Waals surface area contributed by atoms with Crippen molar-refractivity contribution in [2.45, 2.75) is 39.2 Å². The van der Waals surface area contributed by atoms with Crippen LogP contribution in [0.4, 0.5) is 0 Å². The molecule has 0 aliphatic carbocycles. The van der Waals surface area contributed by atoms with Crippen molar-refractivity contribution in [1.29, 1.82) is 0 Å². The highest BCUT2D eigenvalue weighted by atomic mass is 16.5. The van der Waals surface area contributed by atoms with E-state index in [9.17, 15) is 9.59 Å². The van der Waals surface area contributed by atoms with E-state index < -0.39 is 6.04 Å². The number of aryl methyl sites for hydroxylation is 2. The van der Waals surface area contributed by atoms with Crippen LogP contribution in [-0.4, -0.2) is 65.8 Å². The SMILES string of the molecule is Cc1ccc(C)c(-c2cc(C(=O)N3CCCC[C@@H]3C(=O)NN3CCOCC3)no2)c1. The minimum absolute atomic E-state index is 0.150. The molecule has 2 aliphatic rings. The third-order valence-electron chi connectivity index (χ3n) is 5.73. The van der Waals surface area contributed by atoms with Gasteiger partial charge in [0.15, 0.2) is 11.5 Å². The molecule has 2 amide bonds. The quantitative estimate of drug-likeness (QED) is 0.829. The van der Waals surface area contributed by atoms with Gasteiger partial charge in [-0.15, -0.1) is 0 Å². The summed E-state index contributed by atoms with van der Waals surface area (Å²) in [7, 11) is 0. The van der Waals surface area contributed by atoms with Crippen molar-refractivity contribution in [2.24, 2.45) is 0 Å². The van der Waals surface area contributed by atoms with E-state index in [1.54, 1.807) is 11.0 Å². The van der Waals surface area contributed by atoms with Crippen molar-refractivity contribution in [1.82, 2.24) is 20.5 Å². The lowest BCUT2D eigenvalue weighted by Crippen LogP contribution is -2.57. The van der Waals surface area contributed by atoms with Crippen LogP contribution in [0, 0.1) is 13.8 Å². The van der Waals surface area contributed by atoms with Gasteiger partial charge in [-0.3, -0.25) is 15.0 Å². The van der Waals surface area contributed by atoms with Crippen molar-refractivity contribution < 1.29 is 18.8 Å². The van der Waals surface area contributed by atoms with E-state index in [4.69, 9.17) is 9.26 Å². The van der Waals surface area contributed by atoms with Crippen molar-refractivity contribution >= 4 is 11.8 Å². The number of amides is 2. The Balaban J connectivity index is 1.50. The monoisotopic (exact) mass is 412 g/mol. The summed E-state index contributed by atoms with van der Waals surface area (Å²) in [6.45, 7) is 7.02. The number of morpholine rings is 1. The second-order valence-electron chi connectivity index (χ2n) is 7.98. The molecule has 8 nitrogen and oxygen atoms in total. The molecule has 0 saturated carbocycles. The Labute approximate surface area is 176 Å². The average Bonchev–Trinajstić information content (AvgIpc) is 3.25. The highest BCUT2D eigenvalue weighted by molar-refractivity contribution is 5.96. The number of likely N-dealkylation sites (tertiary alicyclic amines) is 1. The van der Waals surface area contributed by atoms with Crippen molar-refractivity contribution in [3.05, 3.63) is 41.1 Å². The summed E-state index contributed by atoms with van der Waals surface area (Å²) in [4.78, 5) is 27.7. The Morgan fingerprint density at radius 3 is 2.70 bits per heavy atom. The maximum atomic E-state index is 13.2. The largest absolute Gasteiger partial charge is 0.379 e. The summed E-state index contributed by atoms with van der Waals surface area (Å²) in [6, 6.07) is 7.24. The Morgan fingerprint density at radius 1 is 1.10 bits per heavy atom. The molecule has 1 aromatic carbocycles. The minimum Gasteiger partial charge on any atom is -0.379 e. The predicted molar refractivity (Wildman–Crippen MR) is 111 cm³/mol. The molecule has 2 aromatic rings. The number of rotatable bonds is 4. The van der Waals surface area contributed by atoms with Gasteiger partial charge in [0.2, 0.25) is 0 Å². The van der Waals surface area contributed by atoms with Crippen LogP contribution in [0.1, 0.15) is 40.9 Å². The third kappa shape index (κ3) is 4.39. The molecule has 0 unspecified atom stereocenters. The molecule has 4 rings (SSSR count). The molecule has 3 heterocycles. The van der Waals surface area contributed by atoms with Crippen LogP contribution < -0.4 is 5.43 Å². The van der Waals surface area contributed by atoms with E-state index in [2.05, 4.69) is 10.6 Å². The molecular weight excluding hydrogens is 384 g/mol. The highest BCUT2D eigenvalue weighted by Gasteiger charge is 2.35. The Bertz CT molecular complexity index is 920. The number of ether oxygens (including phenoxy) is 1. The van der Waals surface area contributed by atoms with Gasteiger partial charge in [0.05, 0.1) is 13.2 Å². The fourth-order valence-electron chi connectivity index (χ4n) is 4.00. The lowest BCUT2D eigenvalue weighted by atomic mass is 10.0. The first-order chi connectivity index (χ1) is 14.5.